The van der Waals surface area contributed by atoms with Crippen molar-refractivity contribution in [3.63, 3.8) is 0 Å². The van der Waals surface area contributed by atoms with Crippen LogP contribution in [0.15, 0.2) is 24.3 Å². The molecule has 1 heterocycles. The van der Waals surface area contributed by atoms with Gasteiger partial charge in [-0.2, -0.15) is 0 Å². The maximum absolute atomic E-state index is 5.47. The summed E-state index contributed by atoms with van der Waals surface area (Å²) in [6, 6.07) is 0. The van der Waals surface area contributed by atoms with Gasteiger partial charge >= 0.3 is 0 Å². The van der Waals surface area contributed by atoms with Crippen LogP contribution in [0.5, 0.6) is 0 Å². The Morgan fingerprint density at radius 2 is 2.67 bits per heavy atom. The SMILES string of the molecule is C=CCCO[C@H]1OCCC=C1C. The fourth-order valence-electron chi connectivity index (χ4n) is 1.13. The van der Waals surface area contributed by atoms with Crippen molar-refractivity contribution in [2.75, 3.05) is 13.2 Å². The lowest BCUT2D eigenvalue weighted by Gasteiger charge is -2.22. The molecule has 0 aromatic carbocycles. The third kappa shape index (κ3) is 2.80. The topological polar surface area (TPSA) is 18.5 Å². The average molecular weight is 168 g/mol. The van der Waals surface area contributed by atoms with Crippen LogP contribution < -0.4 is 0 Å². The van der Waals surface area contributed by atoms with E-state index in [9.17, 15) is 0 Å². The molecule has 0 bridgehead atoms. The van der Waals surface area contributed by atoms with Gasteiger partial charge in [-0.1, -0.05) is 12.2 Å². The first kappa shape index (κ1) is 9.49. The summed E-state index contributed by atoms with van der Waals surface area (Å²) >= 11 is 0. The molecule has 0 N–H and O–H groups in total. The van der Waals surface area contributed by atoms with Gasteiger partial charge in [-0.25, -0.2) is 0 Å². The number of hydrogen-bond acceptors (Lipinski definition) is 2. The Morgan fingerprint density at radius 1 is 1.83 bits per heavy atom. The lowest BCUT2D eigenvalue weighted by atomic mass is 10.2. The van der Waals surface area contributed by atoms with Crippen LogP contribution in [0, 0.1) is 0 Å². The van der Waals surface area contributed by atoms with Crippen molar-refractivity contribution < 1.29 is 9.47 Å². The predicted molar refractivity (Wildman–Crippen MR) is 48.9 cm³/mol. The molecule has 1 atom stereocenters. The zero-order valence-corrected chi connectivity index (χ0v) is 7.58. The van der Waals surface area contributed by atoms with Gasteiger partial charge in [0.15, 0.2) is 6.29 Å². The molecule has 0 spiro atoms. The first-order valence-electron chi connectivity index (χ1n) is 4.35. The lowest BCUT2D eigenvalue weighted by Crippen LogP contribution is -2.22. The van der Waals surface area contributed by atoms with Gasteiger partial charge in [0.1, 0.15) is 0 Å². The quantitative estimate of drug-likeness (QED) is 0.473. The van der Waals surface area contributed by atoms with Crippen molar-refractivity contribution in [3.05, 3.63) is 24.3 Å². The Morgan fingerprint density at radius 3 is 3.33 bits per heavy atom. The molecule has 0 aliphatic carbocycles. The van der Waals surface area contributed by atoms with Crippen molar-refractivity contribution in [3.8, 4) is 0 Å². The molecule has 2 heteroatoms. The largest absolute Gasteiger partial charge is 0.348 e. The van der Waals surface area contributed by atoms with Crippen molar-refractivity contribution in [1.29, 1.82) is 0 Å². The molecule has 0 fully saturated rings. The van der Waals surface area contributed by atoms with Crippen LogP contribution in [0.25, 0.3) is 0 Å². The van der Waals surface area contributed by atoms with Crippen LogP contribution in [-0.2, 0) is 9.47 Å². The van der Waals surface area contributed by atoms with E-state index in [0.717, 1.165) is 19.4 Å². The van der Waals surface area contributed by atoms with Crippen LogP contribution in [0.4, 0.5) is 0 Å². The summed E-state index contributed by atoms with van der Waals surface area (Å²) in [5.41, 5.74) is 1.19. The second-order valence-electron chi connectivity index (χ2n) is 2.89. The molecule has 0 saturated carbocycles. The van der Waals surface area contributed by atoms with Gasteiger partial charge in [0, 0.05) is 0 Å². The Kier molecular flexibility index (Phi) is 4.05. The predicted octanol–water partition coefficient (Wildman–Crippen LogP) is 2.27. The number of hydrogen-bond donors (Lipinski definition) is 0. The first-order valence-corrected chi connectivity index (χ1v) is 4.35. The molecular formula is C10H16O2. The van der Waals surface area contributed by atoms with Crippen molar-refractivity contribution in [2.24, 2.45) is 0 Å². The van der Waals surface area contributed by atoms with E-state index in [1.807, 2.05) is 13.0 Å². The second-order valence-corrected chi connectivity index (χ2v) is 2.89. The third-order valence-electron chi connectivity index (χ3n) is 1.82. The summed E-state index contributed by atoms with van der Waals surface area (Å²) in [5, 5.41) is 0. The van der Waals surface area contributed by atoms with E-state index >= 15 is 0 Å². The minimum atomic E-state index is -0.112. The highest BCUT2D eigenvalue weighted by molar-refractivity contribution is 5.04. The molecule has 0 saturated heterocycles. The fourth-order valence-corrected chi connectivity index (χ4v) is 1.13. The highest BCUT2D eigenvalue weighted by Crippen LogP contribution is 2.14. The van der Waals surface area contributed by atoms with E-state index in [1.54, 1.807) is 0 Å². The second kappa shape index (κ2) is 5.12. The minimum Gasteiger partial charge on any atom is -0.348 e. The van der Waals surface area contributed by atoms with Crippen LogP contribution in [-0.4, -0.2) is 19.5 Å². The van der Waals surface area contributed by atoms with E-state index < -0.39 is 0 Å². The summed E-state index contributed by atoms with van der Waals surface area (Å²) in [6.07, 6.45) is 5.79. The summed E-state index contributed by atoms with van der Waals surface area (Å²) < 4.78 is 10.9. The van der Waals surface area contributed by atoms with Gasteiger partial charge in [0.25, 0.3) is 0 Å². The number of ether oxygens (including phenoxy) is 2. The summed E-state index contributed by atoms with van der Waals surface area (Å²) in [4.78, 5) is 0. The molecule has 0 amide bonds. The Labute approximate surface area is 73.9 Å². The summed E-state index contributed by atoms with van der Waals surface area (Å²) in [7, 11) is 0. The van der Waals surface area contributed by atoms with Crippen LogP contribution in [0.2, 0.25) is 0 Å². The molecule has 0 unspecified atom stereocenters. The van der Waals surface area contributed by atoms with Gasteiger partial charge in [-0.15, -0.1) is 6.58 Å². The van der Waals surface area contributed by atoms with E-state index in [4.69, 9.17) is 9.47 Å². The maximum Gasteiger partial charge on any atom is 0.179 e. The smallest absolute Gasteiger partial charge is 0.179 e. The van der Waals surface area contributed by atoms with Crippen molar-refractivity contribution in [2.45, 2.75) is 26.1 Å². The molecule has 1 rings (SSSR count). The Hall–Kier alpha value is -0.600. The van der Waals surface area contributed by atoms with E-state index in [1.165, 1.54) is 5.57 Å². The zero-order valence-electron chi connectivity index (χ0n) is 7.58. The first-order chi connectivity index (χ1) is 5.84. The van der Waals surface area contributed by atoms with Crippen LogP contribution in [0.1, 0.15) is 19.8 Å². The van der Waals surface area contributed by atoms with Gasteiger partial charge in [-0.05, 0) is 25.3 Å². The lowest BCUT2D eigenvalue weighted by molar-refractivity contribution is -0.121. The van der Waals surface area contributed by atoms with Gasteiger partial charge in [-0.3, -0.25) is 0 Å². The average Bonchev–Trinajstić information content (AvgIpc) is 2.09. The van der Waals surface area contributed by atoms with E-state index in [0.29, 0.717) is 6.61 Å². The van der Waals surface area contributed by atoms with Crippen molar-refractivity contribution >= 4 is 0 Å². The van der Waals surface area contributed by atoms with Crippen molar-refractivity contribution in [1.82, 2.24) is 0 Å². The zero-order chi connectivity index (χ0) is 8.81. The summed E-state index contributed by atoms with van der Waals surface area (Å²) in [5.74, 6) is 0. The highest BCUT2D eigenvalue weighted by Gasteiger charge is 2.13. The molecule has 0 aromatic rings. The molecule has 12 heavy (non-hydrogen) atoms. The van der Waals surface area contributed by atoms with E-state index in [-0.39, 0.29) is 6.29 Å². The molecule has 0 radical (unpaired) electrons. The Bertz CT molecular complexity index is 173. The van der Waals surface area contributed by atoms with Gasteiger partial charge in [0.2, 0.25) is 0 Å². The minimum absolute atomic E-state index is 0.112. The van der Waals surface area contributed by atoms with Gasteiger partial charge < -0.3 is 9.47 Å². The standard InChI is InChI=1S/C10H16O2/c1-3-4-7-11-10-9(2)6-5-8-12-10/h3,6,10H,1,4-5,7-8H2,2H3/t10-/m0/s1. The third-order valence-corrected chi connectivity index (χ3v) is 1.82. The molecule has 0 aromatic heterocycles. The molecular weight excluding hydrogens is 152 g/mol. The van der Waals surface area contributed by atoms with Crippen LogP contribution >= 0.6 is 0 Å². The molecule has 1 aliphatic rings. The number of rotatable bonds is 4. The monoisotopic (exact) mass is 168 g/mol. The molecule has 2 nitrogen and oxygen atoms in total. The fraction of sp³-hybridized carbons (Fsp3) is 0.600. The summed E-state index contributed by atoms with van der Waals surface area (Å²) in [6.45, 7) is 7.13. The Balaban J connectivity index is 2.25. The van der Waals surface area contributed by atoms with E-state index in [2.05, 4.69) is 12.7 Å². The molecule has 1 aliphatic heterocycles. The molecule has 68 valence electrons. The van der Waals surface area contributed by atoms with Crippen LogP contribution in [0.3, 0.4) is 0 Å². The maximum atomic E-state index is 5.47. The van der Waals surface area contributed by atoms with Gasteiger partial charge in [0.05, 0.1) is 13.2 Å². The normalized spacial score (nSPS) is 23.4. The highest BCUT2D eigenvalue weighted by atomic mass is 16.7.